The molecule has 0 aromatic carbocycles. The van der Waals surface area contributed by atoms with Crippen LogP contribution in [0.3, 0.4) is 0 Å². The molecular formula is C8H16N2OS. The molecule has 0 amide bonds. The first-order chi connectivity index (χ1) is 5.74. The van der Waals surface area contributed by atoms with E-state index in [9.17, 15) is 0 Å². The molecule has 0 bridgehead atoms. The van der Waals surface area contributed by atoms with Gasteiger partial charge in [-0.15, -0.1) is 0 Å². The number of aliphatic hydroxyl groups excluding tert-OH is 1. The molecule has 0 aromatic rings. The second-order valence-electron chi connectivity index (χ2n) is 2.80. The Labute approximate surface area is 78.2 Å². The lowest BCUT2D eigenvalue weighted by Crippen LogP contribution is -2.26. The number of rotatable bonds is 6. The first kappa shape index (κ1) is 11.8. The Kier molecular flexibility index (Phi) is 7.26. The second kappa shape index (κ2) is 7.41. The fourth-order valence-electron chi connectivity index (χ4n) is 0.625. The maximum atomic E-state index is 8.72. The van der Waals surface area contributed by atoms with Crippen molar-refractivity contribution in [2.45, 2.75) is 13.0 Å². The molecule has 2 atom stereocenters. The minimum absolute atomic E-state index is 0.0686. The van der Waals surface area contributed by atoms with Crippen molar-refractivity contribution in [2.24, 2.45) is 5.92 Å². The lowest BCUT2D eigenvalue weighted by Gasteiger charge is -2.09. The molecule has 0 aliphatic rings. The summed E-state index contributed by atoms with van der Waals surface area (Å²) in [7, 11) is 1.78. The average molecular weight is 188 g/mol. The summed E-state index contributed by atoms with van der Waals surface area (Å²) in [5, 5.41) is 20.2. The fourth-order valence-corrected chi connectivity index (χ4v) is 1.75. The van der Waals surface area contributed by atoms with E-state index in [0.29, 0.717) is 5.92 Å². The zero-order valence-corrected chi connectivity index (χ0v) is 8.40. The molecule has 0 aliphatic carbocycles. The molecule has 0 aromatic heterocycles. The van der Waals surface area contributed by atoms with Crippen LogP contribution in [-0.4, -0.2) is 36.3 Å². The van der Waals surface area contributed by atoms with Crippen LogP contribution in [-0.2, 0) is 0 Å². The van der Waals surface area contributed by atoms with Gasteiger partial charge in [0.15, 0.2) is 0 Å². The highest BCUT2D eigenvalue weighted by molar-refractivity contribution is 7.99. The molecule has 0 spiro atoms. The number of nitrogens with zero attached hydrogens (tertiary/aromatic N) is 1. The molecule has 0 saturated carbocycles. The maximum Gasteiger partial charge on any atom is 0.104 e. The Balaban J connectivity index is 3.36. The Morgan fingerprint density at radius 2 is 2.25 bits per heavy atom. The summed E-state index contributed by atoms with van der Waals surface area (Å²) in [5.41, 5.74) is 0. The SMILES string of the molecule is CNC(C#N)CSCC(C)CO. The predicted octanol–water partition coefficient (Wildman–Crippen LogP) is 0.460. The average Bonchev–Trinajstić information content (AvgIpc) is 2.12. The molecule has 0 aliphatic heterocycles. The summed E-state index contributed by atoms with van der Waals surface area (Å²) in [4.78, 5) is 0. The maximum absolute atomic E-state index is 8.72. The molecule has 0 radical (unpaired) electrons. The summed E-state index contributed by atoms with van der Waals surface area (Å²) in [6.07, 6.45) is 0. The quantitative estimate of drug-likeness (QED) is 0.636. The van der Waals surface area contributed by atoms with Gasteiger partial charge in [0.2, 0.25) is 0 Å². The van der Waals surface area contributed by atoms with E-state index < -0.39 is 0 Å². The number of hydrogen-bond acceptors (Lipinski definition) is 4. The van der Waals surface area contributed by atoms with Crippen LogP contribution in [0.2, 0.25) is 0 Å². The molecule has 0 rings (SSSR count). The van der Waals surface area contributed by atoms with E-state index in [4.69, 9.17) is 10.4 Å². The van der Waals surface area contributed by atoms with Gasteiger partial charge in [0.25, 0.3) is 0 Å². The monoisotopic (exact) mass is 188 g/mol. The van der Waals surface area contributed by atoms with E-state index >= 15 is 0 Å². The van der Waals surface area contributed by atoms with Crippen LogP contribution in [0.15, 0.2) is 0 Å². The molecule has 0 saturated heterocycles. The van der Waals surface area contributed by atoms with Crippen LogP contribution >= 0.6 is 11.8 Å². The first-order valence-corrected chi connectivity index (χ1v) is 5.15. The zero-order chi connectivity index (χ0) is 9.40. The van der Waals surface area contributed by atoms with Gasteiger partial charge in [0.1, 0.15) is 6.04 Å². The Bertz CT molecular complexity index is 146. The van der Waals surface area contributed by atoms with Crippen molar-refractivity contribution in [2.75, 3.05) is 25.2 Å². The molecule has 2 N–H and O–H groups in total. The highest BCUT2D eigenvalue weighted by Gasteiger charge is 2.05. The minimum Gasteiger partial charge on any atom is -0.396 e. The molecule has 0 fully saturated rings. The van der Waals surface area contributed by atoms with E-state index in [2.05, 4.69) is 11.4 Å². The van der Waals surface area contributed by atoms with Gasteiger partial charge in [-0.05, 0) is 18.7 Å². The lowest BCUT2D eigenvalue weighted by atomic mass is 10.2. The highest BCUT2D eigenvalue weighted by atomic mass is 32.2. The summed E-state index contributed by atoms with van der Waals surface area (Å²) < 4.78 is 0. The second-order valence-corrected chi connectivity index (χ2v) is 3.87. The molecule has 4 heteroatoms. The normalized spacial score (nSPS) is 15.2. The van der Waals surface area contributed by atoms with Crippen molar-refractivity contribution in [1.82, 2.24) is 5.32 Å². The van der Waals surface area contributed by atoms with Gasteiger partial charge in [0, 0.05) is 12.4 Å². The minimum atomic E-state index is -0.0686. The smallest absolute Gasteiger partial charge is 0.104 e. The van der Waals surface area contributed by atoms with Gasteiger partial charge < -0.3 is 10.4 Å². The number of aliphatic hydroxyl groups is 1. The summed E-state index contributed by atoms with van der Waals surface area (Å²) >= 11 is 1.70. The van der Waals surface area contributed by atoms with Crippen LogP contribution < -0.4 is 5.32 Å². The van der Waals surface area contributed by atoms with Crippen molar-refractivity contribution in [3.63, 3.8) is 0 Å². The fraction of sp³-hybridized carbons (Fsp3) is 0.875. The van der Waals surface area contributed by atoms with Gasteiger partial charge in [-0.3, -0.25) is 0 Å². The number of nitrogens with one attached hydrogen (secondary N) is 1. The summed E-state index contributed by atoms with van der Waals surface area (Å²) in [6, 6.07) is 2.08. The van der Waals surface area contributed by atoms with Crippen molar-refractivity contribution in [1.29, 1.82) is 5.26 Å². The third-order valence-corrected chi connectivity index (χ3v) is 2.88. The standard InChI is InChI=1S/C8H16N2OS/c1-7(4-11)5-12-6-8(3-9)10-2/h7-8,10-11H,4-6H2,1-2H3. The molecule has 3 nitrogen and oxygen atoms in total. The van der Waals surface area contributed by atoms with Gasteiger partial charge in [-0.1, -0.05) is 6.92 Å². The van der Waals surface area contributed by atoms with Crippen LogP contribution in [0.4, 0.5) is 0 Å². The van der Waals surface area contributed by atoms with Crippen LogP contribution in [0.5, 0.6) is 0 Å². The Morgan fingerprint density at radius 3 is 2.67 bits per heavy atom. The molecular weight excluding hydrogens is 172 g/mol. The van der Waals surface area contributed by atoms with Crippen molar-refractivity contribution in [3.8, 4) is 6.07 Å². The van der Waals surface area contributed by atoms with Crippen molar-refractivity contribution in [3.05, 3.63) is 0 Å². The van der Waals surface area contributed by atoms with Crippen LogP contribution in [0.1, 0.15) is 6.92 Å². The third kappa shape index (κ3) is 5.42. The first-order valence-electron chi connectivity index (χ1n) is 4.00. The number of hydrogen-bond donors (Lipinski definition) is 2. The number of thioether (sulfide) groups is 1. The molecule has 12 heavy (non-hydrogen) atoms. The van der Waals surface area contributed by atoms with Gasteiger partial charge in [-0.2, -0.15) is 17.0 Å². The van der Waals surface area contributed by atoms with Crippen molar-refractivity contribution < 1.29 is 5.11 Å². The summed E-state index contributed by atoms with van der Waals surface area (Å²) in [6.45, 7) is 2.22. The third-order valence-electron chi connectivity index (χ3n) is 1.50. The Hall–Kier alpha value is -0.240. The Morgan fingerprint density at radius 1 is 1.58 bits per heavy atom. The topological polar surface area (TPSA) is 56.0 Å². The van der Waals surface area contributed by atoms with Crippen molar-refractivity contribution >= 4 is 11.8 Å². The highest BCUT2D eigenvalue weighted by Crippen LogP contribution is 2.08. The predicted molar refractivity (Wildman–Crippen MR) is 52.0 cm³/mol. The van der Waals surface area contributed by atoms with E-state index in [1.165, 1.54) is 0 Å². The van der Waals surface area contributed by atoms with E-state index in [1.54, 1.807) is 18.8 Å². The molecule has 70 valence electrons. The van der Waals surface area contributed by atoms with E-state index in [1.807, 2.05) is 6.92 Å². The molecule has 0 heterocycles. The molecule has 2 unspecified atom stereocenters. The summed E-state index contributed by atoms with van der Waals surface area (Å²) in [5.74, 6) is 2.03. The lowest BCUT2D eigenvalue weighted by molar-refractivity contribution is 0.250. The largest absolute Gasteiger partial charge is 0.396 e. The van der Waals surface area contributed by atoms with Gasteiger partial charge >= 0.3 is 0 Å². The van der Waals surface area contributed by atoms with Crippen LogP contribution in [0.25, 0.3) is 0 Å². The van der Waals surface area contributed by atoms with E-state index in [-0.39, 0.29) is 12.6 Å². The van der Waals surface area contributed by atoms with Crippen LogP contribution in [0, 0.1) is 17.2 Å². The van der Waals surface area contributed by atoms with Gasteiger partial charge in [-0.25, -0.2) is 0 Å². The van der Waals surface area contributed by atoms with E-state index in [0.717, 1.165) is 11.5 Å². The number of nitriles is 1. The zero-order valence-electron chi connectivity index (χ0n) is 7.58. The van der Waals surface area contributed by atoms with Gasteiger partial charge in [0.05, 0.1) is 6.07 Å².